The third kappa shape index (κ3) is 7.67. The molecule has 2 N–H and O–H groups in total. The summed E-state index contributed by atoms with van der Waals surface area (Å²) in [6, 6.07) is 11.6. The van der Waals surface area contributed by atoms with E-state index in [0.29, 0.717) is 28.0 Å². The Bertz CT molecular complexity index is 1390. The first-order chi connectivity index (χ1) is 19.6. The Balaban J connectivity index is 1.33. The largest absolute Gasteiger partial charge is 0.483 e. The first kappa shape index (κ1) is 30.1. The number of aryl methyl sites for hydroxylation is 4. The van der Waals surface area contributed by atoms with E-state index in [4.69, 9.17) is 14.2 Å². The molecule has 218 valence electrons. The zero-order chi connectivity index (χ0) is 29.5. The molecule has 8 nitrogen and oxygen atoms in total. The number of thiophene rings is 1. The van der Waals surface area contributed by atoms with Crippen molar-refractivity contribution < 1.29 is 28.6 Å². The van der Waals surface area contributed by atoms with Gasteiger partial charge in [0.2, 0.25) is 0 Å². The molecular formula is C32H38N2O6S. The molecule has 0 bridgehead atoms. The van der Waals surface area contributed by atoms with E-state index in [-0.39, 0.29) is 38.2 Å². The molecule has 1 heterocycles. The van der Waals surface area contributed by atoms with Crippen LogP contribution in [0.15, 0.2) is 36.4 Å². The molecule has 9 heteroatoms. The summed E-state index contributed by atoms with van der Waals surface area (Å²) in [5, 5.41) is 6.29. The average Bonchev–Trinajstić information content (AvgIpc) is 3.27. The highest BCUT2D eigenvalue weighted by Gasteiger charge is 2.28. The topological polar surface area (TPSA) is 103 Å². The van der Waals surface area contributed by atoms with Gasteiger partial charge in [-0.25, -0.2) is 4.79 Å². The molecule has 3 aromatic rings. The average molecular weight is 579 g/mol. The molecule has 1 atom stereocenters. The number of nitrogens with one attached hydrogen (secondary N) is 2. The second kappa shape index (κ2) is 13.7. The SMILES string of the molecule is Cc1cccc(C)c1OCC(=O)Nc1sc2c(c1C(=O)NCCOC(=O)COc1c(C)cccc1C)CCC(C)C2. The van der Waals surface area contributed by atoms with Crippen LogP contribution in [-0.4, -0.2) is 44.1 Å². The van der Waals surface area contributed by atoms with Crippen LogP contribution < -0.4 is 20.1 Å². The molecule has 41 heavy (non-hydrogen) atoms. The Hall–Kier alpha value is -3.85. The van der Waals surface area contributed by atoms with E-state index < -0.39 is 5.97 Å². The van der Waals surface area contributed by atoms with Gasteiger partial charge in [-0.15, -0.1) is 11.3 Å². The van der Waals surface area contributed by atoms with E-state index in [2.05, 4.69) is 17.6 Å². The van der Waals surface area contributed by atoms with Crippen LogP contribution in [-0.2, 0) is 27.2 Å². The van der Waals surface area contributed by atoms with Crippen LogP contribution >= 0.6 is 11.3 Å². The monoisotopic (exact) mass is 578 g/mol. The van der Waals surface area contributed by atoms with Crippen molar-refractivity contribution in [1.82, 2.24) is 5.32 Å². The van der Waals surface area contributed by atoms with Crippen LogP contribution in [0.5, 0.6) is 11.5 Å². The number of amides is 2. The first-order valence-corrected chi connectivity index (χ1v) is 14.7. The molecule has 0 fully saturated rings. The van der Waals surface area contributed by atoms with Crippen molar-refractivity contribution in [2.75, 3.05) is 31.7 Å². The lowest BCUT2D eigenvalue weighted by molar-refractivity contribution is -0.145. The number of benzene rings is 2. The molecular weight excluding hydrogens is 540 g/mol. The van der Waals surface area contributed by atoms with Crippen LogP contribution in [0, 0.1) is 33.6 Å². The van der Waals surface area contributed by atoms with Gasteiger partial charge >= 0.3 is 5.97 Å². The fourth-order valence-corrected chi connectivity index (χ4v) is 6.45. The standard InChI is InChI=1S/C32H38N2O6S/c1-19-12-13-24-25(16-19)41-32(34-26(35)17-39-29-20(2)8-6-9-21(29)3)28(24)31(37)33-14-15-38-27(36)18-40-30-22(4)10-7-11-23(30)5/h6-11,19H,12-18H2,1-5H3,(H,33,37)(H,34,35). The van der Waals surface area contributed by atoms with Gasteiger partial charge in [0.1, 0.15) is 23.1 Å². The minimum atomic E-state index is -0.513. The van der Waals surface area contributed by atoms with E-state index in [9.17, 15) is 14.4 Å². The highest BCUT2D eigenvalue weighted by atomic mass is 32.1. The summed E-state index contributed by atoms with van der Waals surface area (Å²) in [5.74, 6) is 0.730. The molecule has 0 saturated heterocycles. The molecule has 2 aromatic carbocycles. The number of carbonyl (C=O) groups is 3. The lowest BCUT2D eigenvalue weighted by Gasteiger charge is -2.18. The maximum absolute atomic E-state index is 13.3. The predicted octanol–water partition coefficient (Wildman–Crippen LogP) is 5.48. The number of carbonyl (C=O) groups excluding carboxylic acids is 3. The first-order valence-electron chi connectivity index (χ1n) is 13.9. The Kier molecular flexibility index (Phi) is 10.0. The van der Waals surface area contributed by atoms with Gasteiger partial charge in [-0.1, -0.05) is 43.3 Å². The fraction of sp³-hybridized carbons (Fsp3) is 0.406. The molecule has 0 saturated carbocycles. The van der Waals surface area contributed by atoms with Crippen LogP contribution in [0.2, 0.25) is 0 Å². The van der Waals surface area contributed by atoms with Crippen molar-refractivity contribution in [3.63, 3.8) is 0 Å². The van der Waals surface area contributed by atoms with Crippen molar-refractivity contribution in [1.29, 1.82) is 0 Å². The zero-order valence-corrected chi connectivity index (χ0v) is 25.2. The number of hydrogen-bond donors (Lipinski definition) is 2. The quantitative estimate of drug-likeness (QED) is 0.231. The lowest BCUT2D eigenvalue weighted by atomic mass is 9.88. The molecule has 1 unspecified atom stereocenters. The number of hydrogen-bond acceptors (Lipinski definition) is 7. The summed E-state index contributed by atoms with van der Waals surface area (Å²) in [6.07, 6.45) is 2.62. The van der Waals surface area contributed by atoms with E-state index in [1.807, 2.05) is 64.1 Å². The van der Waals surface area contributed by atoms with Crippen LogP contribution in [0.25, 0.3) is 0 Å². The summed E-state index contributed by atoms with van der Waals surface area (Å²) in [6.45, 7) is 9.68. The second-order valence-corrected chi connectivity index (χ2v) is 11.7. The molecule has 1 aliphatic carbocycles. The Morgan fingerprint density at radius 2 is 1.49 bits per heavy atom. The van der Waals surface area contributed by atoms with E-state index in [0.717, 1.165) is 52.0 Å². The van der Waals surface area contributed by atoms with E-state index in [1.165, 1.54) is 11.3 Å². The van der Waals surface area contributed by atoms with Crippen molar-refractivity contribution in [2.45, 2.75) is 53.9 Å². The van der Waals surface area contributed by atoms with Gasteiger partial charge in [0.05, 0.1) is 12.1 Å². The third-order valence-corrected chi connectivity index (χ3v) is 8.31. The maximum atomic E-state index is 13.3. The zero-order valence-electron chi connectivity index (χ0n) is 24.3. The van der Waals surface area contributed by atoms with Gasteiger partial charge in [0.15, 0.2) is 13.2 Å². The summed E-state index contributed by atoms with van der Waals surface area (Å²) < 4.78 is 16.7. The van der Waals surface area contributed by atoms with E-state index in [1.54, 1.807) is 0 Å². The summed E-state index contributed by atoms with van der Waals surface area (Å²) in [7, 11) is 0. The third-order valence-electron chi connectivity index (χ3n) is 7.14. The predicted molar refractivity (Wildman–Crippen MR) is 160 cm³/mol. The fourth-order valence-electron chi connectivity index (χ4n) is 5.02. The number of rotatable bonds is 11. The van der Waals surface area contributed by atoms with Gasteiger partial charge < -0.3 is 24.8 Å². The van der Waals surface area contributed by atoms with Gasteiger partial charge in [0.25, 0.3) is 11.8 Å². The number of ether oxygens (including phenoxy) is 3. The Morgan fingerprint density at radius 1 is 0.902 bits per heavy atom. The Morgan fingerprint density at radius 3 is 2.10 bits per heavy atom. The van der Waals surface area contributed by atoms with Crippen molar-refractivity contribution >= 4 is 34.1 Å². The maximum Gasteiger partial charge on any atom is 0.344 e. The Labute approximate surface area is 245 Å². The minimum absolute atomic E-state index is 0.00928. The molecule has 1 aromatic heterocycles. The van der Waals surface area contributed by atoms with Crippen LogP contribution in [0.1, 0.15) is 56.4 Å². The van der Waals surface area contributed by atoms with Crippen LogP contribution in [0.4, 0.5) is 5.00 Å². The second-order valence-electron chi connectivity index (χ2n) is 10.6. The molecule has 0 radical (unpaired) electrons. The molecule has 4 rings (SSSR count). The number of esters is 1. The highest BCUT2D eigenvalue weighted by molar-refractivity contribution is 7.17. The van der Waals surface area contributed by atoms with E-state index >= 15 is 0 Å². The summed E-state index contributed by atoms with van der Waals surface area (Å²) >= 11 is 1.45. The molecule has 1 aliphatic rings. The normalized spacial score (nSPS) is 14.1. The number of fused-ring (bicyclic) bond motifs is 1. The molecule has 0 aliphatic heterocycles. The van der Waals surface area contributed by atoms with Crippen LogP contribution in [0.3, 0.4) is 0 Å². The van der Waals surface area contributed by atoms with Gasteiger partial charge in [-0.2, -0.15) is 0 Å². The van der Waals surface area contributed by atoms with Crippen molar-refractivity contribution in [3.05, 3.63) is 74.7 Å². The summed E-state index contributed by atoms with van der Waals surface area (Å²) in [5.41, 5.74) is 5.26. The number of anilines is 1. The van der Waals surface area contributed by atoms with Gasteiger partial charge in [-0.05, 0) is 80.7 Å². The number of para-hydroxylation sites is 2. The van der Waals surface area contributed by atoms with Crippen molar-refractivity contribution in [3.8, 4) is 11.5 Å². The van der Waals surface area contributed by atoms with Crippen molar-refractivity contribution in [2.24, 2.45) is 5.92 Å². The van der Waals surface area contributed by atoms with Gasteiger partial charge in [-0.3, -0.25) is 9.59 Å². The highest BCUT2D eigenvalue weighted by Crippen LogP contribution is 2.39. The molecule has 2 amide bonds. The smallest absolute Gasteiger partial charge is 0.344 e. The minimum Gasteiger partial charge on any atom is -0.483 e. The molecule has 0 spiro atoms. The lowest BCUT2D eigenvalue weighted by Crippen LogP contribution is -2.30. The summed E-state index contributed by atoms with van der Waals surface area (Å²) in [4.78, 5) is 39.5. The van der Waals surface area contributed by atoms with Gasteiger partial charge in [0, 0.05) is 4.88 Å².